The van der Waals surface area contributed by atoms with E-state index in [1.165, 1.54) is 5.56 Å². The first-order chi connectivity index (χ1) is 12.2. The molecule has 0 aliphatic rings. The Balaban J connectivity index is 0.00000338. The van der Waals surface area contributed by atoms with E-state index in [-0.39, 0.29) is 30.1 Å². The summed E-state index contributed by atoms with van der Waals surface area (Å²) >= 11 is 0. The lowest BCUT2D eigenvalue weighted by Gasteiger charge is -2.15. The molecule has 142 valence electrons. The molecule has 0 bridgehead atoms. The van der Waals surface area contributed by atoms with Crippen LogP contribution in [-0.4, -0.2) is 31.1 Å². The van der Waals surface area contributed by atoms with Crippen LogP contribution in [-0.2, 0) is 11.3 Å². The summed E-state index contributed by atoms with van der Waals surface area (Å²) < 4.78 is 5.88. The van der Waals surface area contributed by atoms with Crippen molar-refractivity contribution in [3.05, 3.63) is 65.5 Å². The number of nitrogens with zero attached hydrogens (tertiary/aromatic N) is 2. The van der Waals surface area contributed by atoms with Gasteiger partial charge in [0.15, 0.2) is 5.96 Å². The molecule has 1 aromatic heterocycles. The Kier molecular flexibility index (Phi) is 10.9. The van der Waals surface area contributed by atoms with Crippen LogP contribution in [0.1, 0.15) is 36.4 Å². The third kappa shape index (κ3) is 8.14. The molecule has 0 saturated heterocycles. The summed E-state index contributed by atoms with van der Waals surface area (Å²) in [5, 5.41) is 6.57. The summed E-state index contributed by atoms with van der Waals surface area (Å²) in [6.45, 7) is 6.25. The maximum atomic E-state index is 5.88. The molecule has 0 aliphatic carbocycles. The second-order valence-electron chi connectivity index (χ2n) is 5.90. The smallest absolute Gasteiger partial charge is 0.191 e. The summed E-state index contributed by atoms with van der Waals surface area (Å²) in [7, 11) is 1.77. The first-order valence-corrected chi connectivity index (χ1v) is 8.72. The van der Waals surface area contributed by atoms with Crippen LogP contribution >= 0.6 is 24.0 Å². The average Bonchev–Trinajstić information content (AvgIpc) is 2.64. The van der Waals surface area contributed by atoms with E-state index in [0.29, 0.717) is 13.2 Å². The molecule has 2 rings (SSSR count). The Hall–Kier alpha value is -1.67. The van der Waals surface area contributed by atoms with E-state index < -0.39 is 0 Å². The molecule has 0 aliphatic heterocycles. The Morgan fingerprint density at radius 1 is 1.12 bits per heavy atom. The molecular formula is C20H29IN4O. The molecule has 0 fully saturated rings. The van der Waals surface area contributed by atoms with Gasteiger partial charge < -0.3 is 15.4 Å². The number of hydrogen-bond donors (Lipinski definition) is 2. The van der Waals surface area contributed by atoms with Crippen LogP contribution in [0.25, 0.3) is 0 Å². The lowest BCUT2D eigenvalue weighted by Crippen LogP contribution is -2.37. The van der Waals surface area contributed by atoms with Gasteiger partial charge in [-0.1, -0.05) is 36.4 Å². The largest absolute Gasteiger partial charge is 0.374 e. The summed E-state index contributed by atoms with van der Waals surface area (Å²) in [6.07, 6.45) is 1.03. The van der Waals surface area contributed by atoms with E-state index >= 15 is 0 Å². The number of aromatic nitrogens is 1. The van der Waals surface area contributed by atoms with Gasteiger partial charge in [0.2, 0.25) is 0 Å². The predicted molar refractivity (Wildman–Crippen MR) is 118 cm³/mol. The summed E-state index contributed by atoms with van der Waals surface area (Å²) in [5.41, 5.74) is 3.23. The number of aliphatic imine (C=N–C) groups is 1. The van der Waals surface area contributed by atoms with Crippen molar-refractivity contribution in [1.82, 2.24) is 15.6 Å². The molecule has 5 nitrogen and oxygen atoms in total. The molecule has 1 heterocycles. The number of aryl methyl sites for hydroxylation is 1. The van der Waals surface area contributed by atoms with Gasteiger partial charge in [0.25, 0.3) is 0 Å². The highest BCUT2D eigenvalue weighted by Gasteiger charge is 2.04. The standard InChI is InChI=1S/C20H28N4O.HI/c1-16-9-7-12-19(24-16)15-23-20(21-3)22-13-8-14-25-17(2)18-10-5-4-6-11-18;/h4-7,9-12,17H,8,13-15H2,1-3H3,(H2,21,22,23);1H. The van der Waals surface area contributed by atoms with Crippen molar-refractivity contribution in [2.45, 2.75) is 32.9 Å². The van der Waals surface area contributed by atoms with Crippen LogP contribution in [0.2, 0.25) is 0 Å². The van der Waals surface area contributed by atoms with Crippen LogP contribution < -0.4 is 10.6 Å². The minimum Gasteiger partial charge on any atom is -0.374 e. The summed E-state index contributed by atoms with van der Waals surface area (Å²) in [4.78, 5) is 8.70. The van der Waals surface area contributed by atoms with Crippen molar-refractivity contribution in [2.75, 3.05) is 20.2 Å². The van der Waals surface area contributed by atoms with E-state index in [1.54, 1.807) is 7.05 Å². The fourth-order valence-electron chi connectivity index (χ4n) is 2.45. The summed E-state index contributed by atoms with van der Waals surface area (Å²) in [5.74, 6) is 0.777. The van der Waals surface area contributed by atoms with Gasteiger partial charge >= 0.3 is 0 Å². The highest BCUT2D eigenvalue weighted by atomic mass is 127. The number of halogens is 1. The van der Waals surface area contributed by atoms with Crippen LogP contribution in [0.4, 0.5) is 0 Å². The number of nitrogens with one attached hydrogen (secondary N) is 2. The molecule has 0 saturated carbocycles. The Bertz CT molecular complexity index is 664. The molecule has 1 atom stereocenters. The topological polar surface area (TPSA) is 58.5 Å². The lowest BCUT2D eigenvalue weighted by molar-refractivity contribution is 0.0646. The second-order valence-corrected chi connectivity index (χ2v) is 5.90. The number of guanidine groups is 1. The van der Waals surface area contributed by atoms with E-state index in [4.69, 9.17) is 4.74 Å². The lowest BCUT2D eigenvalue weighted by atomic mass is 10.1. The molecule has 26 heavy (non-hydrogen) atoms. The quantitative estimate of drug-likeness (QED) is 0.268. The fourth-order valence-corrected chi connectivity index (χ4v) is 2.45. The monoisotopic (exact) mass is 468 g/mol. The molecule has 2 N–H and O–H groups in total. The predicted octanol–water partition coefficient (Wildman–Crippen LogP) is 3.84. The maximum Gasteiger partial charge on any atom is 0.191 e. The average molecular weight is 468 g/mol. The zero-order valence-electron chi connectivity index (χ0n) is 15.7. The van der Waals surface area contributed by atoms with E-state index in [1.807, 2.05) is 43.3 Å². The second kappa shape index (κ2) is 12.6. The first-order valence-electron chi connectivity index (χ1n) is 8.72. The number of benzene rings is 1. The van der Waals surface area contributed by atoms with Crippen LogP contribution in [0.15, 0.2) is 53.5 Å². The van der Waals surface area contributed by atoms with Crippen LogP contribution in [0.5, 0.6) is 0 Å². The van der Waals surface area contributed by atoms with Gasteiger partial charge in [-0.15, -0.1) is 24.0 Å². The maximum absolute atomic E-state index is 5.88. The van der Waals surface area contributed by atoms with Gasteiger partial charge in [-0.2, -0.15) is 0 Å². The molecule has 0 spiro atoms. The number of rotatable bonds is 8. The molecule has 2 aromatic rings. The Morgan fingerprint density at radius 2 is 1.88 bits per heavy atom. The normalized spacial score (nSPS) is 12.2. The van der Waals surface area contributed by atoms with Crippen molar-refractivity contribution >= 4 is 29.9 Å². The van der Waals surface area contributed by atoms with E-state index in [9.17, 15) is 0 Å². The minimum atomic E-state index is 0. The Morgan fingerprint density at radius 3 is 2.58 bits per heavy atom. The van der Waals surface area contributed by atoms with Gasteiger partial charge in [0.05, 0.1) is 18.3 Å². The molecule has 1 unspecified atom stereocenters. The molecule has 1 aromatic carbocycles. The number of ether oxygens (including phenoxy) is 1. The number of hydrogen-bond acceptors (Lipinski definition) is 3. The van der Waals surface area contributed by atoms with Crippen LogP contribution in [0.3, 0.4) is 0 Å². The van der Waals surface area contributed by atoms with Gasteiger partial charge in [0, 0.05) is 25.9 Å². The van der Waals surface area contributed by atoms with Gasteiger partial charge in [-0.05, 0) is 38.0 Å². The van der Waals surface area contributed by atoms with E-state index in [2.05, 4.69) is 39.7 Å². The summed E-state index contributed by atoms with van der Waals surface area (Å²) in [6, 6.07) is 16.3. The van der Waals surface area contributed by atoms with Crippen molar-refractivity contribution < 1.29 is 4.74 Å². The SMILES string of the molecule is CN=C(NCCCOC(C)c1ccccc1)NCc1cccc(C)n1.I. The zero-order valence-corrected chi connectivity index (χ0v) is 18.1. The minimum absolute atomic E-state index is 0. The van der Waals surface area contributed by atoms with Crippen molar-refractivity contribution in [3.8, 4) is 0 Å². The van der Waals surface area contributed by atoms with Crippen molar-refractivity contribution in [1.29, 1.82) is 0 Å². The third-order valence-electron chi connectivity index (χ3n) is 3.86. The number of pyridine rings is 1. The Labute approximate surface area is 173 Å². The molecule has 0 amide bonds. The molecular weight excluding hydrogens is 439 g/mol. The van der Waals surface area contributed by atoms with Crippen LogP contribution in [0, 0.1) is 6.92 Å². The van der Waals surface area contributed by atoms with Gasteiger partial charge in [0.1, 0.15) is 0 Å². The van der Waals surface area contributed by atoms with E-state index in [0.717, 1.165) is 30.3 Å². The zero-order chi connectivity index (χ0) is 17.9. The van der Waals surface area contributed by atoms with Crippen molar-refractivity contribution in [3.63, 3.8) is 0 Å². The van der Waals surface area contributed by atoms with Gasteiger partial charge in [-0.25, -0.2) is 0 Å². The highest BCUT2D eigenvalue weighted by Crippen LogP contribution is 2.15. The van der Waals surface area contributed by atoms with Gasteiger partial charge in [-0.3, -0.25) is 9.98 Å². The highest BCUT2D eigenvalue weighted by molar-refractivity contribution is 14.0. The fraction of sp³-hybridized carbons (Fsp3) is 0.400. The molecule has 0 radical (unpaired) electrons. The third-order valence-corrected chi connectivity index (χ3v) is 3.86. The first kappa shape index (κ1) is 22.4. The van der Waals surface area contributed by atoms with Crippen molar-refractivity contribution in [2.24, 2.45) is 4.99 Å². The molecule has 6 heteroatoms.